The second-order valence-electron chi connectivity index (χ2n) is 3.44. The molecule has 0 amide bonds. The van der Waals surface area contributed by atoms with E-state index in [9.17, 15) is 0 Å². The van der Waals surface area contributed by atoms with Crippen molar-refractivity contribution < 1.29 is 14.2 Å². The third kappa shape index (κ3) is 5.61. The van der Waals surface area contributed by atoms with Crippen LogP contribution in [-0.2, 0) is 9.47 Å². The lowest BCUT2D eigenvalue weighted by atomic mass is 10.4. The maximum atomic E-state index is 5.34. The first kappa shape index (κ1) is 15.1. The number of aromatic nitrogens is 2. The van der Waals surface area contributed by atoms with E-state index >= 15 is 0 Å². The number of rotatable bonds is 9. The Balaban J connectivity index is 2.19. The summed E-state index contributed by atoms with van der Waals surface area (Å²) in [6.07, 6.45) is 2.54. The molecule has 0 aliphatic rings. The van der Waals surface area contributed by atoms with E-state index < -0.39 is 0 Å². The fraction of sp³-hybridized carbons (Fsp3) is 0.636. The monoisotopic (exact) mass is 319 g/mol. The molecule has 0 atom stereocenters. The van der Waals surface area contributed by atoms with Gasteiger partial charge in [0.05, 0.1) is 31.0 Å². The van der Waals surface area contributed by atoms with Gasteiger partial charge in [-0.2, -0.15) is 4.98 Å². The molecule has 0 saturated carbocycles. The summed E-state index contributed by atoms with van der Waals surface area (Å²) in [5.41, 5.74) is 0. The van der Waals surface area contributed by atoms with Gasteiger partial charge in [0.2, 0.25) is 11.8 Å². The fourth-order valence-electron chi connectivity index (χ4n) is 1.20. The standard InChI is InChI=1S/C11H18BrN3O3/c1-16-6-7-18-5-3-4-13-11-14-8-9(12)10(15-11)17-2/h8H,3-7H2,1-2H3,(H,13,14,15). The molecule has 7 heteroatoms. The number of nitrogens with zero attached hydrogens (tertiary/aromatic N) is 2. The van der Waals surface area contributed by atoms with E-state index in [-0.39, 0.29) is 0 Å². The maximum absolute atomic E-state index is 5.34. The molecular formula is C11H18BrN3O3. The number of methoxy groups -OCH3 is 2. The predicted molar refractivity (Wildman–Crippen MR) is 72.1 cm³/mol. The molecule has 1 heterocycles. The van der Waals surface area contributed by atoms with Gasteiger partial charge in [0.15, 0.2) is 0 Å². The second-order valence-corrected chi connectivity index (χ2v) is 4.29. The third-order valence-electron chi connectivity index (χ3n) is 2.09. The highest BCUT2D eigenvalue weighted by Crippen LogP contribution is 2.21. The molecule has 1 aromatic heterocycles. The summed E-state index contributed by atoms with van der Waals surface area (Å²) in [5, 5.41) is 3.10. The zero-order valence-electron chi connectivity index (χ0n) is 10.6. The number of ether oxygens (including phenoxy) is 3. The van der Waals surface area contributed by atoms with Crippen LogP contribution in [0.5, 0.6) is 5.88 Å². The van der Waals surface area contributed by atoms with Crippen LogP contribution < -0.4 is 10.1 Å². The Morgan fingerprint density at radius 2 is 2.11 bits per heavy atom. The number of anilines is 1. The average molecular weight is 320 g/mol. The first-order valence-electron chi connectivity index (χ1n) is 5.65. The minimum Gasteiger partial charge on any atom is -0.480 e. The normalized spacial score (nSPS) is 10.4. The molecule has 0 saturated heterocycles. The highest BCUT2D eigenvalue weighted by molar-refractivity contribution is 9.10. The molecule has 102 valence electrons. The molecule has 0 bridgehead atoms. The largest absolute Gasteiger partial charge is 0.480 e. The van der Waals surface area contributed by atoms with Crippen LogP contribution in [0.25, 0.3) is 0 Å². The summed E-state index contributed by atoms with van der Waals surface area (Å²) in [4.78, 5) is 8.31. The van der Waals surface area contributed by atoms with Crippen molar-refractivity contribution in [1.29, 1.82) is 0 Å². The van der Waals surface area contributed by atoms with E-state index in [0.29, 0.717) is 31.6 Å². The lowest BCUT2D eigenvalue weighted by molar-refractivity contribution is 0.0705. The fourth-order valence-corrected chi connectivity index (χ4v) is 1.55. The van der Waals surface area contributed by atoms with Crippen LogP contribution >= 0.6 is 15.9 Å². The van der Waals surface area contributed by atoms with Gasteiger partial charge in [-0.25, -0.2) is 4.98 Å². The van der Waals surface area contributed by atoms with Gasteiger partial charge >= 0.3 is 0 Å². The van der Waals surface area contributed by atoms with Crippen LogP contribution in [0.15, 0.2) is 10.7 Å². The number of hydrogen-bond acceptors (Lipinski definition) is 6. The van der Waals surface area contributed by atoms with Crippen molar-refractivity contribution in [2.45, 2.75) is 6.42 Å². The van der Waals surface area contributed by atoms with Crippen molar-refractivity contribution in [1.82, 2.24) is 9.97 Å². The molecular weight excluding hydrogens is 302 g/mol. The van der Waals surface area contributed by atoms with Crippen molar-refractivity contribution >= 4 is 21.9 Å². The van der Waals surface area contributed by atoms with Gasteiger partial charge in [-0.15, -0.1) is 0 Å². The van der Waals surface area contributed by atoms with E-state index in [1.165, 1.54) is 0 Å². The lowest BCUT2D eigenvalue weighted by Gasteiger charge is -2.07. The molecule has 0 aromatic carbocycles. The molecule has 0 unspecified atom stereocenters. The molecule has 1 N–H and O–H groups in total. The van der Waals surface area contributed by atoms with Gasteiger partial charge in [-0.05, 0) is 22.4 Å². The molecule has 0 radical (unpaired) electrons. The predicted octanol–water partition coefficient (Wildman–Crippen LogP) is 1.71. The van der Waals surface area contributed by atoms with Crippen molar-refractivity contribution in [2.75, 3.05) is 45.9 Å². The van der Waals surface area contributed by atoms with Gasteiger partial charge in [0.1, 0.15) is 0 Å². The Morgan fingerprint density at radius 3 is 2.83 bits per heavy atom. The van der Waals surface area contributed by atoms with Crippen molar-refractivity contribution in [3.8, 4) is 5.88 Å². The highest BCUT2D eigenvalue weighted by Gasteiger charge is 2.03. The van der Waals surface area contributed by atoms with E-state index in [1.54, 1.807) is 20.4 Å². The summed E-state index contributed by atoms with van der Waals surface area (Å²) in [6.45, 7) is 2.68. The molecule has 0 aliphatic heterocycles. The maximum Gasteiger partial charge on any atom is 0.232 e. The molecule has 1 aromatic rings. The van der Waals surface area contributed by atoms with E-state index in [0.717, 1.165) is 17.4 Å². The SMILES string of the molecule is COCCOCCCNc1ncc(Br)c(OC)n1. The smallest absolute Gasteiger partial charge is 0.232 e. The van der Waals surface area contributed by atoms with Gasteiger partial charge in [-0.1, -0.05) is 0 Å². The summed E-state index contributed by atoms with van der Waals surface area (Å²) < 4.78 is 16.0. The second kappa shape index (κ2) is 9.07. The first-order valence-corrected chi connectivity index (χ1v) is 6.44. The molecule has 6 nitrogen and oxygen atoms in total. The number of nitrogens with one attached hydrogen (secondary N) is 1. The van der Waals surface area contributed by atoms with Crippen LogP contribution in [0.1, 0.15) is 6.42 Å². The van der Waals surface area contributed by atoms with E-state index in [4.69, 9.17) is 14.2 Å². The quantitative estimate of drug-likeness (QED) is 0.699. The molecule has 0 aliphatic carbocycles. The molecule has 0 fully saturated rings. The Morgan fingerprint density at radius 1 is 1.28 bits per heavy atom. The summed E-state index contributed by atoms with van der Waals surface area (Å²) in [6, 6.07) is 0. The van der Waals surface area contributed by atoms with Crippen molar-refractivity contribution in [3.63, 3.8) is 0 Å². The van der Waals surface area contributed by atoms with Crippen LogP contribution in [0.4, 0.5) is 5.95 Å². The van der Waals surface area contributed by atoms with Crippen LogP contribution in [-0.4, -0.2) is 50.6 Å². The molecule has 0 spiro atoms. The van der Waals surface area contributed by atoms with Gasteiger partial charge in [0, 0.05) is 20.3 Å². The average Bonchev–Trinajstić information content (AvgIpc) is 2.39. The van der Waals surface area contributed by atoms with Gasteiger partial charge in [0.25, 0.3) is 0 Å². The van der Waals surface area contributed by atoms with Crippen LogP contribution in [0, 0.1) is 0 Å². The zero-order chi connectivity index (χ0) is 13.2. The zero-order valence-corrected chi connectivity index (χ0v) is 12.2. The van der Waals surface area contributed by atoms with Crippen molar-refractivity contribution in [3.05, 3.63) is 10.7 Å². The summed E-state index contributed by atoms with van der Waals surface area (Å²) >= 11 is 3.30. The Hall–Kier alpha value is -0.920. The summed E-state index contributed by atoms with van der Waals surface area (Å²) in [7, 11) is 3.23. The van der Waals surface area contributed by atoms with Gasteiger partial charge < -0.3 is 19.5 Å². The van der Waals surface area contributed by atoms with Gasteiger partial charge in [-0.3, -0.25) is 0 Å². The minimum atomic E-state index is 0.517. The molecule has 1 rings (SSSR count). The first-order chi connectivity index (χ1) is 8.77. The minimum absolute atomic E-state index is 0.517. The Bertz CT molecular complexity index is 352. The lowest BCUT2D eigenvalue weighted by Crippen LogP contribution is -2.10. The topological polar surface area (TPSA) is 65.5 Å². The van der Waals surface area contributed by atoms with E-state index in [1.807, 2.05) is 0 Å². The van der Waals surface area contributed by atoms with Crippen LogP contribution in [0.3, 0.4) is 0 Å². The van der Waals surface area contributed by atoms with Crippen LogP contribution in [0.2, 0.25) is 0 Å². The molecule has 18 heavy (non-hydrogen) atoms. The highest BCUT2D eigenvalue weighted by atomic mass is 79.9. The van der Waals surface area contributed by atoms with Crippen molar-refractivity contribution in [2.24, 2.45) is 0 Å². The Labute approximate surface area is 115 Å². The number of hydrogen-bond donors (Lipinski definition) is 1. The van der Waals surface area contributed by atoms with E-state index in [2.05, 4.69) is 31.2 Å². The summed E-state index contributed by atoms with van der Waals surface area (Å²) in [5.74, 6) is 1.07. The Kier molecular flexibility index (Phi) is 7.63. The third-order valence-corrected chi connectivity index (χ3v) is 2.63. The number of halogens is 1.